The van der Waals surface area contributed by atoms with Crippen molar-refractivity contribution in [3.8, 4) is 11.5 Å². The maximum atomic E-state index is 13.2. The molecule has 0 saturated carbocycles. The van der Waals surface area contributed by atoms with E-state index in [0.29, 0.717) is 48.8 Å². The Morgan fingerprint density at radius 2 is 1.83 bits per heavy atom. The minimum atomic E-state index is -0.329. The lowest BCUT2D eigenvalue weighted by molar-refractivity contribution is -0.120. The fourth-order valence-electron chi connectivity index (χ4n) is 4.40. The van der Waals surface area contributed by atoms with Gasteiger partial charge in [-0.15, -0.1) is 14.8 Å². The van der Waals surface area contributed by atoms with Crippen LogP contribution in [0.1, 0.15) is 12.8 Å². The third-order valence-electron chi connectivity index (χ3n) is 6.32. The zero-order valence-electron chi connectivity index (χ0n) is 19.1. The Kier molecular flexibility index (Phi) is 5.56. The first kappa shape index (κ1) is 21.8. The van der Waals surface area contributed by atoms with E-state index < -0.39 is 0 Å². The van der Waals surface area contributed by atoms with E-state index >= 15 is 0 Å². The van der Waals surface area contributed by atoms with Crippen molar-refractivity contribution >= 4 is 33.8 Å². The van der Waals surface area contributed by atoms with Gasteiger partial charge < -0.3 is 15.0 Å². The van der Waals surface area contributed by atoms with E-state index in [4.69, 9.17) is 4.74 Å². The van der Waals surface area contributed by atoms with Crippen molar-refractivity contribution in [3.63, 3.8) is 0 Å². The number of nitrogens with zero attached hydrogens (tertiary/aromatic N) is 7. The molecule has 5 aromatic rings. The average Bonchev–Trinajstić information content (AvgIpc) is 3.39. The SMILES string of the molecule is O=C(Nc1ccc(Oc2ccc(F)cc2)c2ccncc12)C1CCN(c2ccc3nnnn3n2)CC1. The van der Waals surface area contributed by atoms with E-state index in [0.717, 1.165) is 16.6 Å². The van der Waals surface area contributed by atoms with Crippen molar-refractivity contribution in [1.82, 2.24) is 30.2 Å². The molecule has 180 valence electrons. The van der Waals surface area contributed by atoms with E-state index in [9.17, 15) is 9.18 Å². The molecule has 0 aliphatic carbocycles. The van der Waals surface area contributed by atoms with Gasteiger partial charge in [0, 0.05) is 42.2 Å². The summed E-state index contributed by atoms with van der Waals surface area (Å²) in [5.74, 6) is 1.41. The number of rotatable bonds is 5. The maximum Gasteiger partial charge on any atom is 0.227 e. The zero-order chi connectivity index (χ0) is 24.5. The second kappa shape index (κ2) is 9.17. The minimum Gasteiger partial charge on any atom is -0.457 e. The first-order chi connectivity index (χ1) is 17.6. The molecule has 4 heterocycles. The number of amides is 1. The molecule has 1 saturated heterocycles. The van der Waals surface area contributed by atoms with Gasteiger partial charge in [-0.05, 0) is 77.9 Å². The van der Waals surface area contributed by atoms with Crippen LogP contribution in [0.25, 0.3) is 16.4 Å². The number of fused-ring (bicyclic) bond motifs is 2. The fourth-order valence-corrected chi connectivity index (χ4v) is 4.40. The van der Waals surface area contributed by atoms with Crippen LogP contribution in [0.5, 0.6) is 11.5 Å². The maximum absolute atomic E-state index is 13.2. The lowest BCUT2D eigenvalue weighted by atomic mass is 9.95. The smallest absolute Gasteiger partial charge is 0.227 e. The molecule has 11 heteroatoms. The average molecular weight is 484 g/mol. The number of nitrogens with one attached hydrogen (secondary N) is 1. The number of halogens is 1. The summed E-state index contributed by atoms with van der Waals surface area (Å²) in [7, 11) is 0. The lowest BCUT2D eigenvalue weighted by Gasteiger charge is -2.32. The third-order valence-corrected chi connectivity index (χ3v) is 6.32. The van der Waals surface area contributed by atoms with Gasteiger partial charge in [-0.2, -0.15) is 0 Å². The number of piperidine rings is 1. The number of anilines is 2. The Morgan fingerprint density at radius 1 is 1.00 bits per heavy atom. The number of ether oxygens (including phenoxy) is 1. The van der Waals surface area contributed by atoms with Gasteiger partial charge in [0.2, 0.25) is 5.91 Å². The molecule has 1 fully saturated rings. The van der Waals surface area contributed by atoms with Gasteiger partial charge in [-0.25, -0.2) is 4.39 Å². The highest BCUT2D eigenvalue weighted by Crippen LogP contribution is 2.34. The molecule has 0 unspecified atom stereocenters. The molecule has 36 heavy (non-hydrogen) atoms. The van der Waals surface area contributed by atoms with Crippen molar-refractivity contribution in [1.29, 1.82) is 0 Å². The van der Waals surface area contributed by atoms with E-state index in [1.807, 2.05) is 18.2 Å². The second-order valence-corrected chi connectivity index (χ2v) is 8.56. The molecular weight excluding hydrogens is 463 g/mol. The number of hydrogen-bond donors (Lipinski definition) is 1. The molecule has 3 aromatic heterocycles. The van der Waals surface area contributed by atoms with Crippen LogP contribution in [-0.2, 0) is 4.79 Å². The zero-order valence-corrected chi connectivity index (χ0v) is 19.1. The summed E-state index contributed by atoms with van der Waals surface area (Å²) in [4.78, 5) is 19.5. The van der Waals surface area contributed by atoms with Crippen molar-refractivity contribution in [2.24, 2.45) is 5.92 Å². The predicted molar refractivity (Wildman–Crippen MR) is 130 cm³/mol. The molecule has 1 N–H and O–H groups in total. The number of carbonyl (C=O) groups is 1. The fraction of sp³-hybridized carbons (Fsp3) is 0.200. The largest absolute Gasteiger partial charge is 0.457 e. The van der Waals surface area contributed by atoms with E-state index in [2.05, 4.69) is 35.8 Å². The van der Waals surface area contributed by atoms with E-state index in [-0.39, 0.29) is 17.6 Å². The van der Waals surface area contributed by atoms with Gasteiger partial charge >= 0.3 is 0 Å². The Morgan fingerprint density at radius 3 is 2.67 bits per heavy atom. The molecule has 1 amide bonds. The highest BCUT2D eigenvalue weighted by Gasteiger charge is 2.26. The summed E-state index contributed by atoms with van der Waals surface area (Å²) < 4.78 is 20.6. The monoisotopic (exact) mass is 484 g/mol. The highest BCUT2D eigenvalue weighted by atomic mass is 19.1. The molecule has 1 aliphatic rings. The first-order valence-electron chi connectivity index (χ1n) is 11.6. The molecule has 0 spiro atoms. The van der Waals surface area contributed by atoms with Crippen molar-refractivity contribution in [2.75, 3.05) is 23.3 Å². The normalized spacial score (nSPS) is 14.3. The van der Waals surface area contributed by atoms with Crippen LogP contribution in [0.15, 0.2) is 67.0 Å². The number of pyridine rings is 1. The molecule has 6 rings (SSSR count). The van der Waals surface area contributed by atoms with Gasteiger partial charge in [0.1, 0.15) is 17.3 Å². The summed E-state index contributed by atoms with van der Waals surface area (Å²) in [5.41, 5.74) is 1.26. The van der Waals surface area contributed by atoms with Crippen LogP contribution in [0.2, 0.25) is 0 Å². The van der Waals surface area contributed by atoms with Crippen LogP contribution >= 0.6 is 0 Å². The molecular formula is C25H21FN8O2. The Balaban J connectivity index is 1.15. The van der Waals surface area contributed by atoms with Crippen LogP contribution in [0, 0.1) is 11.7 Å². The number of aromatic nitrogens is 6. The molecule has 0 radical (unpaired) electrons. The van der Waals surface area contributed by atoms with Gasteiger partial charge in [0.15, 0.2) is 11.5 Å². The topological polar surface area (TPSA) is 110 Å². The van der Waals surface area contributed by atoms with Gasteiger partial charge in [0.05, 0.1) is 5.69 Å². The molecule has 10 nitrogen and oxygen atoms in total. The van der Waals surface area contributed by atoms with Crippen LogP contribution < -0.4 is 15.0 Å². The predicted octanol–water partition coefficient (Wildman–Crippen LogP) is 3.85. The summed E-state index contributed by atoms with van der Waals surface area (Å²) in [5, 5.41) is 20.4. The summed E-state index contributed by atoms with van der Waals surface area (Å²) in [6.07, 6.45) is 4.76. The Hall–Kier alpha value is -4.67. The van der Waals surface area contributed by atoms with Gasteiger partial charge in [-0.3, -0.25) is 9.78 Å². The van der Waals surface area contributed by atoms with E-state index in [1.165, 1.54) is 16.8 Å². The third kappa shape index (κ3) is 4.26. The molecule has 0 atom stereocenters. The first-order valence-corrected chi connectivity index (χ1v) is 11.6. The summed E-state index contributed by atoms with van der Waals surface area (Å²) in [6.45, 7) is 1.40. The van der Waals surface area contributed by atoms with Crippen molar-refractivity contribution in [2.45, 2.75) is 12.8 Å². The summed E-state index contributed by atoms with van der Waals surface area (Å²) >= 11 is 0. The minimum absolute atomic E-state index is 0.0316. The van der Waals surface area contributed by atoms with Gasteiger partial charge in [0.25, 0.3) is 0 Å². The number of tetrazole rings is 1. The van der Waals surface area contributed by atoms with Crippen molar-refractivity contribution in [3.05, 3.63) is 72.8 Å². The Bertz CT molecular complexity index is 1550. The highest BCUT2D eigenvalue weighted by molar-refractivity contribution is 6.04. The van der Waals surface area contributed by atoms with Gasteiger partial charge in [-0.1, -0.05) is 0 Å². The van der Waals surface area contributed by atoms with Crippen molar-refractivity contribution < 1.29 is 13.9 Å². The lowest BCUT2D eigenvalue weighted by Crippen LogP contribution is -2.38. The number of hydrogen-bond acceptors (Lipinski definition) is 8. The molecule has 2 aromatic carbocycles. The van der Waals surface area contributed by atoms with Crippen LogP contribution in [0.4, 0.5) is 15.9 Å². The van der Waals surface area contributed by atoms with Crippen LogP contribution in [-0.4, -0.2) is 49.2 Å². The standard InChI is InChI=1S/C25H21FN8O2/c26-17-1-3-18(4-2-17)36-22-6-5-21(20-15-27-12-9-19(20)22)28-25(35)16-10-13-33(14-11-16)24-8-7-23-29-31-32-34(23)30-24/h1-9,12,15-16H,10-11,13-14H2,(H,28,35). The Labute approximate surface area is 204 Å². The number of benzene rings is 2. The van der Waals surface area contributed by atoms with Crippen LogP contribution in [0.3, 0.4) is 0 Å². The number of carbonyl (C=O) groups excluding carboxylic acids is 1. The summed E-state index contributed by atoms with van der Waals surface area (Å²) in [6, 6.07) is 15.0. The van der Waals surface area contributed by atoms with E-state index in [1.54, 1.807) is 36.7 Å². The quantitative estimate of drug-likeness (QED) is 0.401. The molecule has 0 bridgehead atoms. The second-order valence-electron chi connectivity index (χ2n) is 8.56. The molecule has 1 aliphatic heterocycles.